The van der Waals surface area contributed by atoms with Crippen LogP contribution in [-0.4, -0.2) is 34.6 Å². The van der Waals surface area contributed by atoms with Crippen LogP contribution in [0.2, 0.25) is 0 Å². The van der Waals surface area contributed by atoms with E-state index >= 15 is 0 Å². The molecular weight excluding hydrogens is 250 g/mol. The van der Waals surface area contributed by atoms with E-state index in [0.29, 0.717) is 11.8 Å². The predicted octanol–water partition coefficient (Wildman–Crippen LogP) is 3.25. The second-order valence-corrected chi connectivity index (χ2v) is 7.59. The molecule has 3 heteroatoms. The van der Waals surface area contributed by atoms with Gasteiger partial charge in [-0.2, -0.15) is 0 Å². The summed E-state index contributed by atoms with van der Waals surface area (Å²) in [6, 6.07) is 0. The molecule has 1 heterocycles. The molecule has 3 fully saturated rings. The minimum atomic E-state index is -0.697. The monoisotopic (exact) mass is 279 g/mol. The minimum absolute atomic E-state index is 0.205. The summed E-state index contributed by atoms with van der Waals surface area (Å²) >= 11 is 0. The highest BCUT2D eigenvalue weighted by atomic mass is 16.3. The van der Waals surface area contributed by atoms with Crippen LogP contribution in [0.4, 0.5) is 0 Å². The summed E-state index contributed by atoms with van der Waals surface area (Å²) in [5.41, 5.74) is -0.263. The van der Waals surface area contributed by atoms with Gasteiger partial charge >= 0.3 is 0 Å². The van der Waals surface area contributed by atoms with Gasteiger partial charge in [0.15, 0.2) is 0 Å². The Morgan fingerprint density at radius 2 is 1.50 bits per heavy atom. The maximum atomic E-state index is 12.5. The lowest BCUT2D eigenvalue weighted by Gasteiger charge is -2.35. The number of carbonyl (C=O) groups excluding carboxylic acids is 1. The van der Waals surface area contributed by atoms with Gasteiger partial charge in [0.2, 0.25) is 5.91 Å². The Morgan fingerprint density at radius 3 is 2.15 bits per heavy atom. The number of aliphatic hydroxyl groups is 1. The lowest BCUT2D eigenvalue weighted by molar-refractivity contribution is -0.137. The zero-order valence-corrected chi connectivity index (χ0v) is 12.7. The first-order chi connectivity index (χ1) is 9.61. The van der Waals surface area contributed by atoms with Crippen molar-refractivity contribution in [3.8, 4) is 0 Å². The van der Waals surface area contributed by atoms with Crippen LogP contribution in [0.1, 0.15) is 77.0 Å². The third kappa shape index (κ3) is 3.03. The molecule has 1 aliphatic heterocycles. The normalized spacial score (nSPS) is 28.8. The number of nitrogens with zero attached hydrogens (tertiary/aromatic N) is 1. The zero-order valence-electron chi connectivity index (χ0n) is 12.7. The number of rotatable bonds is 2. The largest absolute Gasteiger partial charge is 0.389 e. The molecule has 0 bridgehead atoms. The SMILES string of the molecule is O=C(CC1(O)CCCCC1)N1CCC2(CCCCC2)C1. The average molecular weight is 279 g/mol. The molecule has 2 aliphatic carbocycles. The van der Waals surface area contributed by atoms with Crippen molar-refractivity contribution < 1.29 is 9.90 Å². The molecular formula is C17H29NO2. The van der Waals surface area contributed by atoms with Gasteiger partial charge < -0.3 is 10.0 Å². The van der Waals surface area contributed by atoms with Crippen molar-refractivity contribution >= 4 is 5.91 Å². The summed E-state index contributed by atoms with van der Waals surface area (Å²) in [5.74, 6) is 0.205. The van der Waals surface area contributed by atoms with Crippen molar-refractivity contribution in [3.63, 3.8) is 0 Å². The lowest BCUT2D eigenvalue weighted by Crippen LogP contribution is -2.40. The maximum absolute atomic E-state index is 12.5. The number of hydrogen-bond donors (Lipinski definition) is 1. The van der Waals surface area contributed by atoms with Crippen LogP contribution in [-0.2, 0) is 4.79 Å². The van der Waals surface area contributed by atoms with Crippen LogP contribution in [0.5, 0.6) is 0 Å². The lowest BCUT2D eigenvalue weighted by atomic mass is 9.73. The molecule has 1 N–H and O–H groups in total. The van der Waals surface area contributed by atoms with Crippen molar-refractivity contribution in [2.45, 2.75) is 82.7 Å². The second-order valence-electron chi connectivity index (χ2n) is 7.59. The van der Waals surface area contributed by atoms with Crippen LogP contribution in [0.25, 0.3) is 0 Å². The Balaban J connectivity index is 1.55. The number of hydrogen-bond acceptors (Lipinski definition) is 2. The maximum Gasteiger partial charge on any atom is 0.225 e. The van der Waals surface area contributed by atoms with Gasteiger partial charge in [-0.25, -0.2) is 0 Å². The molecule has 3 nitrogen and oxygen atoms in total. The molecule has 3 aliphatic rings. The van der Waals surface area contributed by atoms with Gasteiger partial charge in [-0.05, 0) is 37.5 Å². The first kappa shape index (κ1) is 14.4. The van der Waals surface area contributed by atoms with E-state index in [0.717, 1.165) is 38.8 Å². The van der Waals surface area contributed by atoms with Gasteiger partial charge in [-0.1, -0.05) is 38.5 Å². The van der Waals surface area contributed by atoms with Crippen LogP contribution < -0.4 is 0 Å². The molecule has 20 heavy (non-hydrogen) atoms. The fraction of sp³-hybridized carbons (Fsp3) is 0.941. The van der Waals surface area contributed by atoms with Gasteiger partial charge in [0.1, 0.15) is 0 Å². The molecule has 114 valence electrons. The van der Waals surface area contributed by atoms with Crippen molar-refractivity contribution in [2.24, 2.45) is 5.41 Å². The molecule has 2 saturated carbocycles. The topological polar surface area (TPSA) is 40.5 Å². The van der Waals surface area contributed by atoms with Gasteiger partial charge in [0.05, 0.1) is 12.0 Å². The summed E-state index contributed by atoms with van der Waals surface area (Å²) in [5, 5.41) is 10.6. The van der Waals surface area contributed by atoms with E-state index in [9.17, 15) is 9.90 Å². The number of carbonyl (C=O) groups is 1. The summed E-state index contributed by atoms with van der Waals surface area (Å²) in [4.78, 5) is 14.6. The Bertz CT molecular complexity index is 354. The van der Waals surface area contributed by atoms with E-state index < -0.39 is 5.60 Å². The molecule has 0 unspecified atom stereocenters. The smallest absolute Gasteiger partial charge is 0.225 e. The van der Waals surface area contributed by atoms with E-state index in [1.54, 1.807) is 0 Å². The van der Waals surface area contributed by atoms with Gasteiger partial charge in [0, 0.05) is 13.1 Å². The minimum Gasteiger partial charge on any atom is -0.389 e. The molecule has 3 rings (SSSR count). The predicted molar refractivity (Wildman–Crippen MR) is 79.4 cm³/mol. The fourth-order valence-corrected chi connectivity index (χ4v) is 4.64. The molecule has 1 saturated heterocycles. The van der Waals surface area contributed by atoms with E-state index in [4.69, 9.17) is 0 Å². The summed E-state index contributed by atoms with van der Waals surface area (Å²) in [7, 11) is 0. The average Bonchev–Trinajstić information content (AvgIpc) is 2.84. The van der Waals surface area contributed by atoms with E-state index in [1.165, 1.54) is 44.9 Å². The highest BCUT2D eigenvalue weighted by Gasteiger charge is 2.42. The number of likely N-dealkylation sites (tertiary alicyclic amines) is 1. The van der Waals surface area contributed by atoms with E-state index in [-0.39, 0.29) is 5.91 Å². The second kappa shape index (κ2) is 5.67. The summed E-state index contributed by atoms with van der Waals surface area (Å²) in [6.07, 6.45) is 13.2. The highest BCUT2D eigenvalue weighted by molar-refractivity contribution is 5.77. The van der Waals surface area contributed by atoms with Crippen LogP contribution in [0.15, 0.2) is 0 Å². The molecule has 0 aromatic rings. The Hall–Kier alpha value is -0.570. The molecule has 0 aromatic heterocycles. The quantitative estimate of drug-likeness (QED) is 0.843. The van der Waals surface area contributed by atoms with Crippen molar-refractivity contribution in [3.05, 3.63) is 0 Å². The van der Waals surface area contributed by atoms with Gasteiger partial charge in [-0.15, -0.1) is 0 Å². The third-order valence-corrected chi connectivity index (χ3v) is 5.97. The Kier molecular flexibility index (Phi) is 4.07. The van der Waals surface area contributed by atoms with E-state index in [1.807, 2.05) is 0 Å². The summed E-state index contributed by atoms with van der Waals surface area (Å²) < 4.78 is 0. The molecule has 0 atom stereocenters. The van der Waals surface area contributed by atoms with Gasteiger partial charge in [0.25, 0.3) is 0 Å². The molecule has 0 aromatic carbocycles. The molecule has 0 radical (unpaired) electrons. The summed E-state index contributed by atoms with van der Waals surface area (Å²) in [6.45, 7) is 1.89. The first-order valence-electron chi connectivity index (χ1n) is 8.61. The Morgan fingerprint density at radius 1 is 0.900 bits per heavy atom. The van der Waals surface area contributed by atoms with Crippen LogP contribution in [0, 0.1) is 5.41 Å². The fourth-order valence-electron chi connectivity index (χ4n) is 4.64. The van der Waals surface area contributed by atoms with E-state index in [2.05, 4.69) is 4.90 Å². The number of amides is 1. The van der Waals surface area contributed by atoms with Gasteiger partial charge in [-0.3, -0.25) is 4.79 Å². The van der Waals surface area contributed by atoms with Crippen molar-refractivity contribution in [1.29, 1.82) is 0 Å². The van der Waals surface area contributed by atoms with Crippen molar-refractivity contribution in [2.75, 3.05) is 13.1 Å². The highest BCUT2D eigenvalue weighted by Crippen LogP contribution is 2.44. The Labute approximate surface area is 122 Å². The third-order valence-electron chi connectivity index (χ3n) is 5.97. The molecule has 1 spiro atoms. The van der Waals surface area contributed by atoms with Crippen LogP contribution in [0.3, 0.4) is 0 Å². The first-order valence-corrected chi connectivity index (χ1v) is 8.61. The molecule has 1 amide bonds. The van der Waals surface area contributed by atoms with Crippen molar-refractivity contribution in [1.82, 2.24) is 4.90 Å². The standard InChI is InChI=1S/C17H29NO2/c19-15(13-17(20)9-5-2-6-10-17)18-12-11-16(14-18)7-3-1-4-8-16/h20H,1-14H2. The van der Waals surface area contributed by atoms with Crippen LogP contribution >= 0.6 is 0 Å². The zero-order chi connectivity index (χ0) is 14.1.